The van der Waals surface area contributed by atoms with Crippen molar-refractivity contribution in [3.8, 4) is 0 Å². The Hall–Kier alpha value is -1.51. The number of aliphatic hydroxyl groups is 12. The topological polar surface area (TPSA) is 324 Å². The van der Waals surface area contributed by atoms with E-state index in [-0.39, 0.29) is 52.4 Å². The van der Waals surface area contributed by atoms with E-state index in [2.05, 4.69) is 40.7 Å². The number of allylic oxidation sites excluding steroid dienone is 2. The fraction of sp³-hybridized carbons (Fsp3) is 0.938. The van der Waals surface area contributed by atoms with E-state index in [0.717, 1.165) is 19.3 Å². The Balaban J connectivity index is 0.968. The van der Waals surface area contributed by atoms with Crippen LogP contribution in [0.15, 0.2) is 11.6 Å². The zero-order valence-electron chi connectivity index (χ0n) is 40.2. The molecule has 12 N–H and O–H groups in total. The standard InChI is InChI=1S/C48H78O20/c1-20-10-13-48(15-14-46(6)23(29(48)21(20)2)8-9-28-44(4)16-24(51)39(60)45(5,19-50)27(44)11-12-47(28,46)7)43(61)66-41-35(57)33(55)31(53)26(65-41)18-62-40-37(59)34(56)38(25(17-49)64-40)67-68-42-36(58)32(54)30(52)22(3)63-42/h8,20-22,24-42,49-60H,9-19H2,1-7H3. The quantitative estimate of drug-likeness (QED) is 0.0535. The fourth-order valence-electron chi connectivity index (χ4n) is 15.1. The van der Waals surface area contributed by atoms with E-state index in [4.69, 9.17) is 33.5 Å². The van der Waals surface area contributed by atoms with Gasteiger partial charge in [-0.3, -0.25) is 4.79 Å². The third-order valence-electron chi connectivity index (χ3n) is 19.7. The average molecular weight is 975 g/mol. The highest BCUT2D eigenvalue weighted by molar-refractivity contribution is 5.79. The average Bonchev–Trinajstić information content (AvgIpc) is 3.30. The van der Waals surface area contributed by atoms with Crippen LogP contribution in [0, 0.1) is 56.7 Å². The van der Waals surface area contributed by atoms with E-state index in [1.807, 2.05) is 6.92 Å². The molecule has 0 aromatic heterocycles. The van der Waals surface area contributed by atoms with Gasteiger partial charge in [0.2, 0.25) is 12.6 Å². The van der Waals surface area contributed by atoms with E-state index in [9.17, 15) is 61.3 Å². The van der Waals surface area contributed by atoms with Gasteiger partial charge in [0, 0.05) is 5.41 Å². The molecule has 20 heteroatoms. The molecular weight excluding hydrogens is 897 g/mol. The summed E-state index contributed by atoms with van der Waals surface area (Å²) in [6, 6.07) is 0. The Morgan fingerprint density at radius 3 is 2.01 bits per heavy atom. The molecule has 4 saturated carbocycles. The highest BCUT2D eigenvalue weighted by Gasteiger charge is 2.71. The van der Waals surface area contributed by atoms with Crippen LogP contribution in [0.25, 0.3) is 0 Å². The van der Waals surface area contributed by atoms with Gasteiger partial charge in [-0.2, -0.15) is 0 Å². The summed E-state index contributed by atoms with van der Waals surface area (Å²) in [6.07, 6.45) is -19.2. The predicted molar refractivity (Wildman–Crippen MR) is 233 cm³/mol. The molecule has 390 valence electrons. The molecule has 0 spiro atoms. The second-order valence-electron chi connectivity index (χ2n) is 23.0. The Bertz CT molecular complexity index is 1840. The summed E-state index contributed by atoms with van der Waals surface area (Å²) < 4.78 is 28.8. The number of hydrogen-bond donors (Lipinski definition) is 12. The summed E-state index contributed by atoms with van der Waals surface area (Å²) in [5.74, 6) is -0.407. The van der Waals surface area contributed by atoms with Crippen molar-refractivity contribution in [2.24, 2.45) is 56.7 Å². The molecule has 0 aromatic rings. The lowest BCUT2D eigenvalue weighted by Crippen LogP contribution is -2.68. The molecule has 8 aliphatic rings. The number of carbonyl (C=O) groups is 1. The highest BCUT2D eigenvalue weighted by atomic mass is 17.2. The van der Waals surface area contributed by atoms with Crippen LogP contribution in [0.2, 0.25) is 0 Å². The molecule has 5 aliphatic carbocycles. The molecule has 3 saturated heterocycles. The Labute approximate surface area is 397 Å². The van der Waals surface area contributed by atoms with Crippen LogP contribution in [0.4, 0.5) is 0 Å². The van der Waals surface area contributed by atoms with Crippen molar-refractivity contribution in [1.29, 1.82) is 0 Å². The molecule has 27 unspecified atom stereocenters. The number of esters is 1. The number of fused-ring (bicyclic) bond motifs is 7. The number of aliphatic hydroxyl groups excluding tert-OH is 12. The molecule has 27 atom stereocenters. The van der Waals surface area contributed by atoms with Gasteiger partial charge in [0.1, 0.15) is 67.1 Å². The predicted octanol–water partition coefficient (Wildman–Crippen LogP) is -1.10. The van der Waals surface area contributed by atoms with Crippen LogP contribution < -0.4 is 0 Å². The summed E-state index contributed by atoms with van der Waals surface area (Å²) in [4.78, 5) is 25.3. The van der Waals surface area contributed by atoms with E-state index < -0.39 is 134 Å². The van der Waals surface area contributed by atoms with Crippen molar-refractivity contribution in [1.82, 2.24) is 0 Å². The first-order chi connectivity index (χ1) is 31.9. The van der Waals surface area contributed by atoms with Gasteiger partial charge in [0.05, 0.1) is 43.5 Å². The van der Waals surface area contributed by atoms with Gasteiger partial charge in [0.25, 0.3) is 0 Å². The first-order valence-electron chi connectivity index (χ1n) is 24.7. The SMILES string of the molecule is CC1CCC2(C(=O)OC3OC(COC4OC(CO)C(OOC5OC(C)C(O)C(O)C5O)C(O)C4O)C(O)C(O)C3O)CCC3(C)C(=CCC4C5(C)CC(O)C(O)C(C)(CO)C5CCC43C)C2C1C. The van der Waals surface area contributed by atoms with Crippen LogP contribution >= 0.6 is 0 Å². The highest BCUT2D eigenvalue weighted by Crippen LogP contribution is 2.76. The van der Waals surface area contributed by atoms with E-state index >= 15 is 4.79 Å². The molecular formula is C48H78O20. The second kappa shape index (κ2) is 19.1. The van der Waals surface area contributed by atoms with Crippen molar-refractivity contribution in [3.63, 3.8) is 0 Å². The van der Waals surface area contributed by atoms with Gasteiger partial charge in [-0.15, -0.1) is 0 Å². The van der Waals surface area contributed by atoms with Crippen molar-refractivity contribution < 1.29 is 99.5 Å². The minimum absolute atomic E-state index is 0.0138. The molecule has 8 rings (SSSR count). The van der Waals surface area contributed by atoms with Gasteiger partial charge >= 0.3 is 5.97 Å². The van der Waals surface area contributed by atoms with Crippen LogP contribution in [0.5, 0.6) is 0 Å². The normalized spacial score (nSPS) is 56.0. The molecule has 3 heterocycles. The summed E-state index contributed by atoms with van der Waals surface area (Å²) in [7, 11) is 0. The largest absolute Gasteiger partial charge is 0.432 e. The number of carbonyl (C=O) groups excluding carboxylic acids is 1. The van der Waals surface area contributed by atoms with Gasteiger partial charge in [0.15, 0.2) is 6.29 Å². The summed E-state index contributed by atoms with van der Waals surface area (Å²) in [6.45, 7) is 12.9. The third-order valence-corrected chi connectivity index (χ3v) is 19.7. The molecule has 3 aliphatic heterocycles. The maximum absolute atomic E-state index is 15.0. The van der Waals surface area contributed by atoms with Crippen molar-refractivity contribution in [3.05, 3.63) is 11.6 Å². The molecule has 68 heavy (non-hydrogen) atoms. The molecule has 0 bridgehead atoms. The van der Waals surface area contributed by atoms with Crippen LogP contribution in [-0.4, -0.2) is 191 Å². The van der Waals surface area contributed by atoms with Gasteiger partial charge < -0.3 is 85.0 Å². The van der Waals surface area contributed by atoms with Crippen molar-refractivity contribution in [2.75, 3.05) is 19.8 Å². The zero-order chi connectivity index (χ0) is 49.8. The first kappa shape index (κ1) is 52.8. The summed E-state index contributed by atoms with van der Waals surface area (Å²) in [5.41, 5.74) is -1.66. The third kappa shape index (κ3) is 8.07. The minimum Gasteiger partial charge on any atom is -0.432 e. The molecule has 0 radical (unpaired) electrons. The monoisotopic (exact) mass is 975 g/mol. The Kier molecular flexibility index (Phi) is 14.8. The Morgan fingerprint density at radius 2 is 1.34 bits per heavy atom. The fourth-order valence-corrected chi connectivity index (χ4v) is 15.1. The maximum Gasteiger partial charge on any atom is 0.315 e. The van der Waals surface area contributed by atoms with Crippen LogP contribution in [-0.2, 0) is 38.3 Å². The lowest BCUT2D eigenvalue weighted by Gasteiger charge is -2.71. The van der Waals surface area contributed by atoms with Gasteiger partial charge in [-0.1, -0.05) is 53.2 Å². The molecule has 7 fully saturated rings. The summed E-state index contributed by atoms with van der Waals surface area (Å²) >= 11 is 0. The first-order valence-corrected chi connectivity index (χ1v) is 24.7. The van der Waals surface area contributed by atoms with E-state index in [0.29, 0.717) is 32.1 Å². The smallest absolute Gasteiger partial charge is 0.315 e. The van der Waals surface area contributed by atoms with Gasteiger partial charge in [-0.05, 0) is 104 Å². The zero-order valence-corrected chi connectivity index (χ0v) is 40.2. The maximum atomic E-state index is 15.0. The lowest BCUT2D eigenvalue weighted by molar-refractivity contribution is -0.463. The number of rotatable bonds is 10. The molecule has 0 aromatic carbocycles. The van der Waals surface area contributed by atoms with Crippen LogP contribution in [0.3, 0.4) is 0 Å². The van der Waals surface area contributed by atoms with Gasteiger partial charge in [-0.25, -0.2) is 9.78 Å². The summed E-state index contributed by atoms with van der Waals surface area (Å²) in [5, 5.41) is 129. The van der Waals surface area contributed by atoms with Crippen molar-refractivity contribution >= 4 is 5.97 Å². The van der Waals surface area contributed by atoms with Crippen molar-refractivity contribution in [2.45, 2.75) is 204 Å². The molecule has 0 amide bonds. The number of hydrogen-bond acceptors (Lipinski definition) is 20. The second-order valence-corrected chi connectivity index (χ2v) is 23.0. The van der Waals surface area contributed by atoms with E-state index in [1.165, 1.54) is 12.5 Å². The number of ether oxygens (including phenoxy) is 5. The lowest BCUT2D eigenvalue weighted by atomic mass is 9.33. The van der Waals surface area contributed by atoms with Crippen LogP contribution in [0.1, 0.15) is 99.8 Å². The van der Waals surface area contributed by atoms with E-state index in [1.54, 1.807) is 0 Å². The minimum atomic E-state index is -1.88. The molecule has 20 nitrogen and oxygen atoms in total. The Morgan fingerprint density at radius 1 is 0.691 bits per heavy atom.